The Labute approximate surface area is 210 Å². The fraction of sp³-hybridized carbons (Fsp3) is 0.250. The molecule has 2 heterocycles. The molecule has 0 atom stereocenters. The summed E-state index contributed by atoms with van der Waals surface area (Å²) in [5, 5.41) is 10.6. The first-order chi connectivity index (χ1) is 15.6. The van der Waals surface area contributed by atoms with E-state index < -0.39 is 0 Å². The number of thiazole rings is 2. The lowest BCUT2D eigenvalue weighted by Crippen LogP contribution is -2.33. The molecule has 2 aromatic heterocycles. The van der Waals surface area contributed by atoms with E-state index in [1.165, 1.54) is 35.8 Å². The number of rotatable bonds is 8. The van der Waals surface area contributed by atoms with E-state index in [-0.39, 0.29) is 0 Å². The molecule has 2 aromatic carbocycles. The van der Waals surface area contributed by atoms with E-state index in [0.717, 1.165) is 30.2 Å². The monoisotopic (exact) mass is 574 g/mol. The van der Waals surface area contributed by atoms with Gasteiger partial charge in [-0.1, -0.05) is 22.7 Å². The lowest BCUT2D eigenvalue weighted by atomic mass is 10.2. The molecule has 0 spiro atoms. The van der Waals surface area contributed by atoms with Crippen molar-refractivity contribution in [1.82, 2.24) is 4.98 Å². The molecule has 8 heteroatoms. The van der Waals surface area contributed by atoms with Gasteiger partial charge in [-0.15, -0.1) is 10.2 Å². The van der Waals surface area contributed by atoms with Gasteiger partial charge in [-0.05, 0) is 85.8 Å². The zero-order valence-corrected chi connectivity index (χ0v) is 22.1. The molecule has 0 aliphatic rings. The van der Waals surface area contributed by atoms with Gasteiger partial charge in [0.1, 0.15) is 11.2 Å². The van der Waals surface area contributed by atoms with Gasteiger partial charge in [0.25, 0.3) is 5.01 Å². The van der Waals surface area contributed by atoms with E-state index in [1.54, 1.807) is 0 Å². The average molecular weight is 575 g/mol. The summed E-state index contributed by atoms with van der Waals surface area (Å²) in [6.45, 7) is 9.43. The minimum atomic E-state index is 0.659. The second-order valence-corrected chi connectivity index (χ2v) is 10.4. The van der Waals surface area contributed by atoms with Gasteiger partial charge < -0.3 is 4.90 Å². The van der Waals surface area contributed by atoms with Gasteiger partial charge in [0.05, 0.1) is 5.69 Å². The fourth-order valence-electron chi connectivity index (χ4n) is 3.50. The van der Waals surface area contributed by atoms with Gasteiger partial charge in [-0.2, -0.15) is 4.57 Å². The number of nitrogens with zero attached hydrogens (tertiary/aromatic N) is 5. The third-order valence-electron chi connectivity index (χ3n) is 5.14. The van der Waals surface area contributed by atoms with Crippen molar-refractivity contribution >= 4 is 84.1 Å². The maximum Gasteiger partial charge on any atom is 0.262 e. The molecule has 0 fully saturated rings. The highest BCUT2D eigenvalue weighted by Gasteiger charge is 2.17. The number of aromatic nitrogens is 2. The standard InChI is InChI=1S/C24H25IN5S2/c1-4-29(5-2)19-10-8-18(9-11-19)27-28-24-26-16-20(31-24)12-14-23-30(6-3)21-15-17(25)7-13-22(21)32-23/h7-16H,4-6H2,1-3H3/q+1. The molecule has 0 saturated heterocycles. The Morgan fingerprint density at radius 2 is 1.78 bits per heavy atom. The van der Waals surface area contributed by atoms with Gasteiger partial charge in [-0.25, -0.2) is 4.98 Å². The van der Waals surface area contributed by atoms with Crippen LogP contribution in [-0.2, 0) is 6.54 Å². The molecule has 0 aliphatic carbocycles. The van der Waals surface area contributed by atoms with Crippen LogP contribution < -0.4 is 9.47 Å². The maximum atomic E-state index is 4.41. The molecule has 4 aromatic rings. The Morgan fingerprint density at radius 1 is 1.00 bits per heavy atom. The minimum Gasteiger partial charge on any atom is -0.372 e. The smallest absolute Gasteiger partial charge is 0.262 e. The van der Waals surface area contributed by atoms with Crippen molar-refractivity contribution in [2.24, 2.45) is 10.2 Å². The summed E-state index contributed by atoms with van der Waals surface area (Å²) in [4.78, 5) is 7.77. The number of fused-ring (bicyclic) bond motifs is 1. The van der Waals surface area contributed by atoms with Crippen LogP contribution in [0, 0.1) is 3.57 Å². The van der Waals surface area contributed by atoms with Crippen LogP contribution in [-0.4, -0.2) is 18.1 Å². The SMILES string of the molecule is CCN(CC)c1ccc(N=Nc2ncc(/C=C/c3sc4ccc(I)cc4[n+]3CC)s2)cc1. The summed E-state index contributed by atoms with van der Waals surface area (Å²) in [6, 6.07) is 14.8. The third-order valence-corrected chi connectivity index (χ3v) is 7.79. The predicted molar refractivity (Wildman–Crippen MR) is 146 cm³/mol. The molecule has 5 nitrogen and oxygen atoms in total. The van der Waals surface area contributed by atoms with Crippen LogP contribution in [0.4, 0.5) is 16.5 Å². The first-order valence-corrected chi connectivity index (χ1v) is 13.3. The van der Waals surface area contributed by atoms with Crippen LogP contribution >= 0.6 is 45.3 Å². The molecule has 0 amide bonds. The highest BCUT2D eigenvalue weighted by atomic mass is 127. The van der Waals surface area contributed by atoms with Crippen molar-refractivity contribution < 1.29 is 4.57 Å². The van der Waals surface area contributed by atoms with Gasteiger partial charge in [0, 0.05) is 45.6 Å². The predicted octanol–water partition coefficient (Wildman–Crippen LogP) is 7.70. The van der Waals surface area contributed by atoms with Crippen molar-refractivity contribution in [2.45, 2.75) is 27.3 Å². The Balaban J connectivity index is 1.47. The number of aryl methyl sites for hydroxylation is 1. The number of benzene rings is 2. The quantitative estimate of drug-likeness (QED) is 0.123. The molecule has 0 N–H and O–H groups in total. The second kappa shape index (κ2) is 10.6. The van der Waals surface area contributed by atoms with Crippen molar-refractivity contribution in [3.05, 3.63) is 62.1 Å². The van der Waals surface area contributed by atoms with Gasteiger partial charge >= 0.3 is 0 Å². The van der Waals surface area contributed by atoms with E-state index in [0.29, 0.717) is 5.13 Å². The summed E-state index contributed by atoms with van der Waals surface area (Å²) in [7, 11) is 0. The Morgan fingerprint density at radius 3 is 2.50 bits per heavy atom. The number of anilines is 1. The first-order valence-electron chi connectivity index (χ1n) is 10.6. The number of azo groups is 1. The van der Waals surface area contributed by atoms with Crippen LogP contribution in [0.5, 0.6) is 0 Å². The molecular formula is C24H25IN5S2+. The Bertz CT molecular complexity index is 1250. The van der Waals surface area contributed by atoms with Crippen LogP contribution in [0.3, 0.4) is 0 Å². The lowest BCUT2D eigenvalue weighted by Gasteiger charge is -2.20. The maximum absolute atomic E-state index is 4.41. The minimum absolute atomic E-state index is 0.659. The normalized spacial score (nSPS) is 11.9. The third kappa shape index (κ3) is 5.24. The molecule has 4 rings (SSSR count). The summed E-state index contributed by atoms with van der Waals surface area (Å²) < 4.78 is 4.91. The highest BCUT2D eigenvalue weighted by molar-refractivity contribution is 14.1. The summed E-state index contributed by atoms with van der Waals surface area (Å²) in [5.74, 6) is 0. The van der Waals surface area contributed by atoms with E-state index >= 15 is 0 Å². The van der Waals surface area contributed by atoms with E-state index in [4.69, 9.17) is 0 Å². The number of hydrogen-bond donors (Lipinski definition) is 0. The molecule has 0 unspecified atom stereocenters. The van der Waals surface area contributed by atoms with Gasteiger partial charge in [0.2, 0.25) is 10.6 Å². The molecule has 32 heavy (non-hydrogen) atoms. The number of halogens is 1. The van der Waals surface area contributed by atoms with Crippen molar-refractivity contribution in [3.63, 3.8) is 0 Å². The first kappa shape index (κ1) is 23.0. The van der Waals surface area contributed by atoms with Crippen LogP contribution in [0.25, 0.3) is 22.4 Å². The largest absolute Gasteiger partial charge is 0.372 e. The molecule has 164 valence electrons. The van der Waals surface area contributed by atoms with Crippen LogP contribution in [0.2, 0.25) is 0 Å². The molecule has 0 radical (unpaired) electrons. The van der Waals surface area contributed by atoms with Crippen molar-refractivity contribution in [1.29, 1.82) is 0 Å². The van der Waals surface area contributed by atoms with Crippen LogP contribution in [0.1, 0.15) is 30.7 Å². The van der Waals surface area contributed by atoms with Crippen molar-refractivity contribution in [3.8, 4) is 0 Å². The summed E-state index contributed by atoms with van der Waals surface area (Å²) in [5.41, 5.74) is 3.32. The van der Waals surface area contributed by atoms with Gasteiger partial charge in [-0.3, -0.25) is 0 Å². The van der Waals surface area contributed by atoms with Crippen molar-refractivity contribution in [2.75, 3.05) is 18.0 Å². The van der Waals surface area contributed by atoms with E-state index in [9.17, 15) is 0 Å². The Kier molecular flexibility index (Phi) is 7.64. The molecular weight excluding hydrogens is 549 g/mol. The van der Waals surface area contributed by atoms with Crippen LogP contribution in [0.15, 0.2) is 58.9 Å². The molecule has 0 bridgehead atoms. The molecule has 0 aliphatic heterocycles. The van der Waals surface area contributed by atoms with E-state index in [2.05, 4.69) is 111 Å². The summed E-state index contributed by atoms with van der Waals surface area (Å²) >= 11 is 5.71. The summed E-state index contributed by atoms with van der Waals surface area (Å²) in [6.07, 6.45) is 6.13. The highest BCUT2D eigenvalue weighted by Crippen LogP contribution is 2.28. The lowest BCUT2D eigenvalue weighted by molar-refractivity contribution is -0.665. The zero-order valence-electron chi connectivity index (χ0n) is 18.3. The number of hydrogen-bond acceptors (Lipinski definition) is 6. The topological polar surface area (TPSA) is 44.7 Å². The van der Waals surface area contributed by atoms with E-state index in [1.807, 2.05) is 29.7 Å². The molecule has 0 saturated carbocycles. The average Bonchev–Trinajstić information content (AvgIpc) is 3.41. The fourth-order valence-corrected chi connectivity index (χ4v) is 5.72. The Hall–Kier alpha value is -2.17. The second-order valence-electron chi connectivity index (χ2n) is 7.06. The zero-order chi connectivity index (χ0) is 22.5. The van der Waals surface area contributed by atoms with Gasteiger partial charge in [0.15, 0.2) is 0 Å².